The van der Waals surface area contributed by atoms with Crippen molar-refractivity contribution >= 4 is 85.3 Å². The number of nitrogens with two attached hydrogens (primary N) is 1. The van der Waals surface area contributed by atoms with Crippen molar-refractivity contribution in [3.05, 3.63) is 72.8 Å². The number of phenols is 1. The van der Waals surface area contributed by atoms with E-state index in [-0.39, 0.29) is 61.0 Å². The van der Waals surface area contributed by atoms with Crippen LogP contribution in [-0.2, 0) is 28.9 Å². The van der Waals surface area contributed by atoms with Crippen LogP contribution in [0.1, 0.15) is 6.92 Å². The maximum atomic E-state index is 14.5. The average molecular weight is 735 g/mol. The van der Waals surface area contributed by atoms with Gasteiger partial charge in [-0.15, -0.1) is 18.9 Å². The molecule has 0 amide bonds. The SMILES string of the molecule is CCN(c1ccccc1)c1nc(F)nc(Nc2ccc(N=Nc3c(N)c(SOOO)cc4cc(SOOO)cc(O)c34)c(S(=O)(=O)O)c2)n1. The largest absolute Gasteiger partial charge is 0.507 e. The Morgan fingerprint density at radius 1 is 0.980 bits per heavy atom. The molecule has 1 aromatic heterocycles. The summed E-state index contributed by atoms with van der Waals surface area (Å²) < 4.78 is 58.4. The number of benzene rings is 4. The molecule has 0 fully saturated rings. The number of nitrogens with one attached hydrogen (secondary N) is 1. The molecule has 5 aromatic rings. The van der Waals surface area contributed by atoms with E-state index in [4.69, 9.17) is 16.2 Å². The maximum absolute atomic E-state index is 14.5. The molecule has 0 saturated heterocycles. The number of nitrogen functional groups attached to an aromatic ring is 1. The molecule has 0 aliphatic carbocycles. The first-order chi connectivity index (χ1) is 23.5. The summed E-state index contributed by atoms with van der Waals surface area (Å²) in [5.41, 5.74) is 6.28. The number of azo groups is 1. The highest BCUT2D eigenvalue weighted by Gasteiger charge is 2.21. The second-order valence-corrected chi connectivity index (χ2v) is 12.3. The molecule has 0 spiro atoms. The summed E-state index contributed by atoms with van der Waals surface area (Å²) in [6.07, 6.45) is -1.10. The molecule has 256 valence electrons. The van der Waals surface area contributed by atoms with Crippen molar-refractivity contribution in [3.63, 3.8) is 0 Å². The summed E-state index contributed by atoms with van der Waals surface area (Å²) in [5, 5.41) is 46.2. The second-order valence-electron chi connectivity index (χ2n) is 9.42. The Kier molecular flexibility index (Phi) is 11.4. The van der Waals surface area contributed by atoms with Crippen LogP contribution >= 0.6 is 24.1 Å². The third-order valence-corrected chi connectivity index (χ3v) is 8.54. The molecule has 1 heterocycles. The Morgan fingerprint density at radius 2 is 1.71 bits per heavy atom. The van der Waals surface area contributed by atoms with Crippen molar-refractivity contribution < 1.29 is 51.7 Å². The summed E-state index contributed by atoms with van der Waals surface area (Å²) in [6.45, 7) is 2.20. The minimum atomic E-state index is -4.95. The molecular weight excluding hydrogens is 712 g/mol. The number of halogens is 1. The van der Waals surface area contributed by atoms with E-state index >= 15 is 0 Å². The molecular formula is C27H23FN8O10S3. The van der Waals surface area contributed by atoms with E-state index in [0.717, 1.165) is 6.07 Å². The summed E-state index contributed by atoms with van der Waals surface area (Å²) in [6, 6.07) is 16.6. The van der Waals surface area contributed by atoms with E-state index < -0.39 is 21.1 Å². The van der Waals surface area contributed by atoms with Gasteiger partial charge in [-0.2, -0.15) is 27.8 Å². The lowest BCUT2D eigenvalue weighted by molar-refractivity contribution is -0.432. The zero-order valence-corrected chi connectivity index (χ0v) is 27.1. The molecule has 0 radical (unpaired) electrons. The smallest absolute Gasteiger partial charge is 0.315 e. The third-order valence-electron chi connectivity index (χ3n) is 6.45. The molecule has 0 saturated carbocycles. The highest BCUT2D eigenvalue weighted by molar-refractivity contribution is 7.95. The van der Waals surface area contributed by atoms with E-state index in [9.17, 15) is 22.5 Å². The van der Waals surface area contributed by atoms with E-state index in [1.165, 1.54) is 30.3 Å². The van der Waals surface area contributed by atoms with Gasteiger partial charge < -0.3 is 21.1 Å². The number of rotatable bonds is 14. The van der Waals surface area contributed by atoms with Crippen molar-refractivity contribution in [3.8, 4) is 5.75 Å². The van der Waals surface area contributed by atoms with Crippen LogP contribution in [0.25, 0.3) is 10.8 Å². The minimum Gasteiger partial charge on any atom is -0.507 e. The van der Waals surface area contributed by atoms with Crippen LogP contribution in [0.3, 0.4) is 0 Å². The first kappa shape index (κ1) is 35.6. The molecule has 0 aliphatic heterocycles. The van der Waals surface area contributed by atoms with Crippen molar-refractivity contribution in [2.75, 3.05) is 22.5 Å². The highest BCUT2D eigenvalue weighted by Crippen LogP contribution is 2.46. The van der Waals surface area contributed by atoms with Crippen molar-refractivity contribution in [1.82, 2.24) is 15.0 Å². The molecule has 0 unspecified atom stereocenters. The van der Waals surface area contributed by atoms with Crippen LogP contribution < -0.4 is 16.0 Å². The number of aromatic nitrogens is 3. The molecule has 18 nitrogen and oxygen atoms in total. The highest BCUT2D eigenvalue weighted by atomic mass is 32.2. The number of fused-ring (bicyclic) bond motifs is 1. The Hall–Kier alpha value is -4.75. The monoisotopic (exact) mass is 734 g/mol. The summed E-state index contributed by atoms with van der Waals surface area (Å²) in [4.78, 5) is 13.0. The van der Waals surface area contributed by atoms with Crippen LogP contribution in [-0.4, -0.2) is 50.1 Å². The van der Waals surface area contributed by atoms with Gasteiger partial charge in [-0.3, -0.25) is 4.55 Å². The van der Waals surface area contributed by atoms with E-state index in [1.54, 1.807) is 29.2 Å². The number of phenolic OH excluding ortho intramolecular Hbond substituents is 1. The van der Waals surface area contributed by atoms with E-state index in [2.05, 4.69) is 49.2 Å². The number of hydrogen-bond acceptors (Lipinski definition) is 19. The zero-order valence-electron chi connectivity index (χ0n) is 24.7. The lowest BCUT2D eigenvalue weighted by Gasteiger charge is -2.21. The number of anilines is 5. The van der Waals surface area contributed by atoms with Crippen LogP contribution in [0.15, 0.2) is 91.6 Å². The lowest BCUT2D eigenvalue weighted by atomic mass is 10.1. The molecule has 0 aliphatic rings. The first-order valence-electron chi connectivity index (χ1n) is 13.5. The first-order valence-corrected chi connectivity index (χ1v) is 16.4. The summed E-state index contributed by atoms with van der Waals surface area (Å²) >= 11 is 1.01. The molecule has 0 bridgehead atoms. The number of para-hydroxylation sites is 1. The molecule has 5 rings (SSSR count). The van der Waals surface area contributed by atoms with Gasteiger partial charge in [0.15, 0.2) is 0 Å². The topological polar surface area (TPSA) is 257 Å². The van der Waals surface area contributed by atoms with Gasteiger partial charge in [0.2, 0.25) is 11.9 Å². The maximum Gasteiger partial charge on any atom is 0.315 e. The lowest BCUT2D eigenvalue weighted by Crippen LogP contribution is -2.20. The van der Waals surface area contributed by atoms with Crippen molar-refractivity contribution in [2.24, 2.45) is 10.2 Å². The third kappa shape index (κ3) is 8.46. The van der Waals surface area contributed by atoms with Gasteiger partial charge in [-0.25, -0.2) is 10.5 Å². The number of aromatic hydroxyl groups is 1. The van der Waals surface area contributed by atoms with Crippen molar-refractivity contribution in [2.45, 2.75) is 21.6 Å². The summed E-state index contributed by atoms with van der Waals surface area (Å²) in [7, 11) is -4.95. The molecule has 0 atom stereocenters. The van der Waals surface area contributed by atoms with Gasteiger partial charge in [0.1, 0.15) is 22.0 Å². The molecule has 49 heavy (non-hydrogen) atoms. The Morgan fingerprint density at radius 3 is 2.41 bits per heavy atom. The second kappa shape index (κ2) is 15.6. The molecule has 7 N–H and O–H groups in total. The zero-order chi connectivity index (χ0) is 35.1. The van der Waals surface area contributed by atoms with Crippen LogP contribution in [0.4, 0.5) is 44.7 Å². The Balaban J connectivity index is 1.53. The van der Waals surface area contributed by atoms with Crippen molar-refractivity contribution in [1.29, 1.82) is 0 Å². The molecule has 22 heteroatoms. The van der Waals surface area contributed by atoms with Gasteiger partial charge in [0.25, 0.3) is 10.1 Å². The number of nitrogens with zero attached hydrogens (tertiary/aromatic N) is 6. The Bertz CT molecular complexity index is 2120. The van der Waals surface area contributed by atoms with Gasteiger partial charge >= 0.3 is 6.08 Å². The quantitative estimate of drug-likeness (QED) is 0.0170. The summed E-state index contributed by atoms with van der Waals surface area (Å²) in [5.74, 6) is -0.668. The molecule has 4 aromatic carbocycles. The predicted octanol–water partition coefficient (Wildman–Crippen LogP) is 6.87. The fraction of sp³-hybridized carbons (Fsp3) is 0.0741. The Labute approximate surface area is 284 Å². The van der Waals surface area contributed by atoms with Gasteiger partial charge in [0, 0.05) is 22.8 Å². The normalized spacial score (nSPS) is 11.8. The fourth-order valence-corrected chi connectivity index (χ4v) is 6.03. The van der Waals surface area contributed by atoms with E-state index in [0.29, 0.717) is 36.3 Å². The van der Waals surface area contributed by atoms with Crippen LogP contribution in [0, 0.1) is 6.08 Å². The predicted molar refractivity (Wildman–Crippen MR) is 174 cm³/mol. The van der Waals surface area contributed by atoms with Crippen LogP contribution in [0.5, 0.6) is 5.75 Å². The average Bonchev–Trinajstić information content (AvgIpc) is 3.06. The fourth-order valence-electron chi connectivity index (χ4n) is 4.47. The van der Waals surface area contributed by atoms with Gasteiger partial charge in [0.05, 0.1) is 40.1 Å². The van der Waals surface area contributed by atoms with Gasteiger partial charge in [-0.05, 0) is 60.8 Å². The van der Waals surface area contributed by atoms with E-state index in [1.807, 2.05) is 13.0 Å². The van der Waals surface area contributed by atoms with Crippen LogP contribution in [0.2, 0.25) is 0 Å². The van der Waals surface area contributed by atoms with Gasteiger partial charge in [-0.1, -0.05) is 28.3 Å². The minimum absolute atomic E-state index is 0.0199. The number of hydrogen-bond donors (Lipinski definition) is 6. The standard InChI is InChI=1S/C27H23FN8O10S3/c1-2-36(16-6-4-3-5-7-16)27-32-25(28)31-26(33-27)30-15-8-9-18(21(12-15)49(40,41)42)34-35-24-22-14(11-20(23(24)29)48-46-44-39)10-17(13-19(22)37)47-45-43-38/h3-13,37-39H,2,29H2,1H3,(H,40,41,42)(H,30,31,32,33).